The Kier molecular flexibility index (Phi) is 4.08. The molecule has 3 heterocycles. The van der Waals surface area contributed by atoms with E-state index in [-0.39, 0.29) is 5.41 Å². The number of rotatable bonds is 4. The Labute approximate surface area is 144 Å². The summed E-state index contributed by atoms with van der Waals surface area (Å²) >= 11 is 6.50. The zero-order valence-electron chi connectivity index (χ0n) is 13.1. The zero-order valence-corrected chi connectivity index (χ0v) is 13.9. The summed E-state index contributed by atoms with van der Waals surface area (Å²) in [5.41, 5.74) is 1.82. The van der Waals surface area contributed by atoms with Gasteiger partial charge in [0.15, 0.2) is 5.65 Å². The standard InChI is InChI=1S/C17H18ClN5O/c18-14-4-2-1-3-13(14)17(5-7-24-8-6-17)10-19-15-12-9-22-23-16(12)21-11-20-15/h1-4,9,11H,5-8,10H2,(H2,19,20,21,22,23). The van der Waals surface area contributed by atoms with Crippen molar-refractivity contribution in [3.05, 3.63) is 47.4 Å². The van der Waals surface area contributed by atoms with Crippen LogP contribution < -0.4 is 5.32 Å². The number of hydrogen-bond donors (Lipinski definition) is 2. The summed E-state index contributed by atoms with van der Waals surface area (Å²) in [6.07, 6.45) is 5.12. The number of nitrogens with one attached hydrogen (secondary N) is 2. The second kappa shape index (κ2) is 6.37. The van der Waals surface area contributed by atoms with Crippen molar-refractivity contribution >= 4 is 28.5 Å². The van der Waals surface area contributed by atoms with Crippen molar-refractivity contribution < 1.29 is 4.74 Å². The number of anilines is 1. The van der Waals surface area contributed by atoms with Crippen molar-refractivity contribution in [3.8, 4) is 0 Å². The summed E-state index contributed by atoms with van der Waals surface area (Å²) in [6, 6.07) is 8.07. The Morgan fingerprint density at radius 1 is 1.21 bits per heavy atom. The maximum atomic E-state index is 6.50. The molecule has 0 aliphatic carbocycles. The van der Waals surface area contributed by atoms with Gasteiger partial charge in [-0.25, -0.2) is 9.97 Å². The lowest BCUT2D eigenvalue weighted by Crippen LogP contribution is -2.40. The summed E-state index contributed by atoms with van der Waals surface area (Å²) in [5, 5.41) is 12.1. The number of ether oxygens (including phenoxy) is 1. The highest BCUT2D eigenvalue weighted by Crippen LogP contribution is 2.39. The molecule has 7 heteroatoms. The molecule has 2 aromatic heterocycles. The number of nitrogens with zero attached hydrogens (tertiary/aromatic N) is 3. The Bertz CT molecular complexity index is 844. The fraction of sp³-hybridized carbons (Fsp3) is 0.353. The van der Waals surface area contributed by atoms with Crippen LogP contribution in [-0.2, 0) is 10.2 Å². The highest BCUT2D eigenvalue weighted by Gasteiger charge is 2.36. The van der Waals surface area contributed by atoms with E-state index >= 15 is 0 Å². The SMILES string of the molecule is Clc1ccccc1C1(CNc2ncnc3[nH]ncc23)CCOCC1. The van der Waals surface area contributed by atoms with E-state index in [1.807, 2.05) is 18.2 Å². The third kappa shape index (κ3) is 2.72. The van der Waals surface area contributed by atoms with Crippen LogP contribution in [0.1, 0.15) is 18.4 Å². The van der Waals surface area contributed by atoms with Crippen LogP contribution in [-0.4, -0.2) is 39.9 Å². The van der Waals surface area contributed by atoms with Gasteiger partial charge in [-0.3, -0.25) is 5.10 Å². The number of aromatic nitrogens is 4. The van der Waals surface area contributed by atoms with Gasteiger partial charge in [0.05, 0.1) is 11.6 Å². The molecule has 0 atom stereocenters. The predicted molar refractivity (Wildman–Crippen MR) is 93.4 cm³/mol. The number of aromatic amines is 1. The van der Waals surface area contributed by atoms with Gasteiger partial charge in [-0.2, -0.15) is 5.10 Å². The van der Waals surface area contributed by atoms with Gasteiger partial charge in [-0.1, -0.05) is 29.8 Å². The molecule has 1 aliphatic heterocycles. The van der Waals surface area contributed by atoms with E-state index in [1.54, 1.807) is 6.20 Å². The second-order valence-corrected chi connectivity index (χ2v) is 6.49. The minimum Gasteiger partial charge on any atom is -0.381 e. The van der Waals surface area contributed by atoms with E-state index in [4.69, 9.17) is 16.3 Å². The third-order valence-electron chi connectivity index (χ3n) is 4.74. The molecule has 124 valence electrons. The van der Waals surface area contributed by atoms with E-state index in [2.05, 4.69) is 31.5 Å². The first-order valence-corrected chi connectivity index (χ1v) is 8.37. The van der Waals surface area contributed by atoms with E-state index in [9.17, 15) is 0 Å². The maximum absolute atomic E-state index is 6.50. The summed E-state index contributed by atoms with van der Waals surface area (Å²) in [7, 11) is 0. The number of halogens is 1. The van der Waals surface area contributed by atoms with Crippen LogP contribution in [0.15, 0.2) is 36.8 Å². The minimum atomic E-state index is -0.0718. The van der Waals surface area contributed by atoms with E-state index in [0.717, 1.165) is 54.5 Å². The van der Waals surface area contributed by atoms with Gasteiger partial charge in [0.25, 0.3) is 0 Å². The van der Waals surface area contributed by atoms with Gasteiger partial charge in [-0.15, -0.1) is 0 Å². The summed E-state index contributed by atoms with van der Waals surface area (Å²) < 4.78 is 5.58. The summed E-state index contributed by atoms with van der Waals surface area (Å²) in [6.45, 7) is 2.20. The van der Waals surface area contributed by atoms with Gasteiger partial charge < -0.3 is 10.1 Å². The average molecular weight is 344 g/mol. The minimum absolute atomic E-state index is 0.0718. The van der Waals surface area contributed by atoms with Crippen LogP contribution >= 0.6 is 11.6 Å². The molecule has 1 fully saturated rings. The van der Waals surface area contributed by atoms with E-state index in [0.29, 0.717) is 0 Å². The van der Waals surface area contributed by atoms with Crippen LogP contribution in [0.3, 0.4) is 0 Å². The first kappa shape index (κ1) is 15.4. The van der Waals surface area contributed by atoms with Gasteiger partial charge in [0.2, 0.25) is 0 Å². The molecule has 24 heavy (non-hydrogen) atoms. The lowest BCUT2D eigenvalue weighted by molar-refractivity contribution is 0.0544. The average Bonchev–Trinajstić information content (AvgIpc) is 3.10. The highest BCUT2D eigenvalue weighted by molar-refractivity contribution is 6.31. The topological polar surface area (TPSA) is 75.7 Å². The molecule has 4 rings (SSSR count). The number of benzene rings is 1. The van der Waals surface area contributed by atoms with E-state index in [1.165, 1.54) is 11.9 Å². The highest BCUT2D eigenvalue weighted by atomic mass is 35.5. The molecule has 0 amide bonds. The van der Waals surface area contributed by atoms with Crippen molar-refractivity contribution in [1.29, 1.82) is 0 Å². The van der Waals surface area contributed by atoms with Crippen LogP contribution in [0.25, 0.3) is 11.0 Å². The van der Waals surface area contributed by atoms with Crippen LogP contribution in [0, 0.1) is 0 Å². The maximum Gasteiger partial charge on any atom is 0.160 e. The lowest BCUT2D eigenvalue weighted by atomic mass is 9.74. The van der Waals surface area contributed by atoms with Crippen LogP contribution in [0.4, 0.5) is 5.82 Å². The van der Waals surface area contributed by atoms with Gasteiger partial charge in [-0.05, 0) is 24.5 Å². The Hall–Kier alpha value is -2.18. The molecule has 0 spiro atoms. The fourth-order valence-corrected chi connectivity index (χ4v) is 3.69. The van der Waals surface area contributed by atoms with Crippen LogP contribution in [0.5, 0.6) is 0 Å². The normalized spacial score (nSPS) is 17.0. The largest absolute Gasteiger partial charge is 0.381 e. The number of H-pyrrole nitrogens is 1. The Morgan fingerprint density at radius 2 is 2.04 bits per heavy atom. The molecule has 2 N–H and O–H groups in total. The van der Waals surface area contributed by atoms with Crippen molar-refractivity contribution in [2.45, 2.75) is 18.3 Å². The summed E-state index contributed by atoms with van der Waals surface area (Å²) in [5.74, 6) is 0.784. The van der Waals surface area contributed by atoms with E-state index < -0.39 is 0 Å². The van der Waals surface area contributed by atoms with Crippen molar-refractivity contribution in [1.82, 2.24) is 20.2 Å². The number of hydrogen-bond acceptors (Lipinski definition) is 5. The van der Waals surface area contributed by atoms with Gasteiger partial charge in [0, 0.05) is 30.2 Å². The molecular weight excluding hydrogens is 326 g/mol. The molecule has 0 bridgehead atoms. The van der Waals surface area contributed by atoms with Gasteiger partial charge >= 0.3 is 0 Å². The third-order valence-corrected chi connectivity index (χ3v) is 5.07. The quantitative estimate of drug-likeness (QED) is 0.761. The molecule has 1 aliphatic rings. The smallest absolute Gasteiger partial charge is 0.160 e. The monoisotopic (exact) mass is 343 g/mol. The first-order valence-electron chi connectivity index (χ1n) is 7.99. The molecule has 3 aromatic rings. The molecule has 0 unspecified atom stereocenters. The summed E-state index contributed by atoms with van der Waals surface area (Å²) in [4.78, 5) is 8.54. The molecule has 1 saturated heterocycles. The molecule has 0 saturated carbocycles. The first-order chi connectivity index (χ1) is 11.8. The molecule has 0 radical (unpaired) electrons. The molecular formula is C17H18ClN5O. The van der Waals surface area contributed by atoms with Crippen molar-refractivity contribution in [3.63, 3.8) is 0 Å². The van der Waals surface area contributed by atoms with Gasteiger partial charge in [0.1, 0.15) is 12.1 Å². The second-order valence-electron chi connectivity index (χ2n) is 6.08. The number of fused-ring (bicyclic) bond motifs is 1. The van der Waals surface area contributed by atoms with Crippen LogP contribution in [0.2, 0.25) is 5.02 Å². The molecule has 6 nitrogen and oxygen atoms in total. The van der Waals surface area contributed by atoms with Crippen molar-refractivity contribution in [2.75, 3.05) is 25.1 Å². The Morgan fingerprint density at radius 3 is 2.88 bits per heavy atom. The predicted octanol–water partition coefficient (Wildman–Crippen LogP) is 3.17. The zero-order chi connectivity index (χ0) is 16.4. The Balaban J connectivity index is 1.66. The molecule has 1 aromatic carbocycles. The van der Waals surface area contributed by atoms with Crippen molar-refractivity contribution in [2.24, 2.45) is 0 Å². The fourth-order valence-electron chi connectivity index (χ4n) is 3.35. The lowest BCUT2D eigenvalue weighted by Gasteiger charge is -2.38.